The molecule has 4 aromatic carbocycles. The second-order valence-corrected chi connectivity index (χ2v) is 7.34. The number of nitrogens with zero attached hydrogens (tertiary/aromatic N) is 6. The maximum atomic E-state index is 10.7. The monoisotopic (exact) mass is 498 g/mol. The van der Waals surface area contributed by atoms with Gasteiger partial charge in [0.2, 0.25) is 6.79 Å². The highest BCUT2D eigenvalue weighted by Crippen LogP contribution is 2.25. The van der Waals surface area contributed by atoms with Crippen LogP contribution < -0.4 is 9.47 Å². The van der Waals surface area contributed by atoms with Crippen LogP contribution >= 0.6 is 0 Å². The molecule has 0 radical (unpaired) electrons. The van der Waals surface area contributed by atoms with E-state index in [0.717, 1.165) is 0 Å². The van der Waals surface area contributed by atoms with Crippen molar-refractivity contribution in [1.29, 1.82) is 0 Å². The summed E-state index contributed by atoms with van der Waals surface area (Å²) in [5.74, 6) is 1.14. The summed E-state index contributed by atoms with van der Waals surface area (Å²) >= 11 is 0. The topological polar surface area (TPSA) is 154 Å². The van der Waals surface area contributed by atoms with Gasteiger partial charge in [0.25, 0.3) is 11.4 Å². The molecule has 0 saturated carbocycles. The quantitative estimate of drug-likeness (QED) is 0.0942. The van der Waals surface area contributed by atoms with Crippen LogP contribution in [0.5, 0.6) is 11.5 Å². The van der Waals surface area contributed by atoms with E-state index in [2.05, 4.69) is 20.5 Å². The molecule has 0 saturated heterocycles. The molecular formula is C25H18N6O6. The van der Waals surface area contributed by atoms with Gasteiger partial charge >= 0.3 is 0 Å². The molecule has 0 spiro atoms. The van der Waals surface area contributed by atoms with Gasteiger partial charge in [-0.15, -0.1) is 0 Å². The van der Waals surface area contributed by atoms with Crippen LogP contribution in [-0.4, -0.2) is 16.6 Å². The van der Waals surface area contributed by atoms with E-state index in [1.165, 1.54) is 48.5 Å². The fourth-order valence-electron chi connectivity index (χ4n) is 2.90. The summed E-state index contributed by atoms with van der Waals surface area (Å²) in [7, 11) is 0. The van der Waals surface area contributed by atoms with Gasteiger partial charge in [0.15, 0.2) is 0 Å². The molecule has 0 aliphatic heterocycles. The molecule has 4 aromatic rings. The Labute approximate surface area is 209 Å². The number of rotatable bonds is 10. The van der Waals surface area contributed by atoms with E-state index in [-0.39, 0.29) is 18.2 Å². The molecular weight excluding hydrogens is 480 g/mol. The lowest BCUT2D eigenvalue weighted by Gasteiger charge is -2.08. The van der Waals surface area contributed by atoms with Crippen molar-refractivity contribution in [1.82, 2.24) is 0 Å². The Morgan fingerprint density at radius 1 is 0.486 bits per heavy atom. The highest BCUT2D eigenvalue weighted by Gasteiger charge is 2.04. The maximum Gasteiger partial charge on any atom is 0.269 e. The smallest absolute Gasteiger partial charge is 0.269 e. The molecule has 4 rings (SSSR count). The summed E-state index contributed by atoms with van der Waals surface area (Å²) in [6.07, 6.45) is 0. The van der Waals surface area contributed by atoms with Crippen LogP contribution in [0, 0.1) is 20.2 Å². The average Bonchev–Trinajstić information content (AvgIpc) is 2.92. The minimum absolute atomic E-state index is 0.0104. The lowest BCUT2D eigenvalue weighted by atomic mass is 10.3. The molecule has 0 atom stereocenters. The molecule has 0 aliphatic rings. The van der Waals surface area contributed by atoms with Crippen LogP contribution in [0.25, 0.3) is 0 Å². The molecule has 0 unspecified atom stereocenters. The Morgan fingerprint density at radius 2 is 0.757 bits per heavy atom. The molecule has 0 aromatic heterocycles. The van der Waals surface area contributed by atoms with Crippen LogP contribution in [-0.2, 0) is 0 Å². The van der Waals surface area contributed by atoms with Crippen molar-refractivity contribution >= 4 is 34.1 Å². The number of benzene rings is 4. The summed E-state index contributed by atoms with van der Waals surface area (Å²) in [5.41, 5.74) is 2.15. The number of non-ortho nitro benzene ring substituents is 2. The van der Waals surface area contributed by atoms with E-state index in [0.29, 0.717) is 34.2 Å². The van der Waals surface area contributed by atoms with Gasteiger partial charge in [0.1, 0.15) is 11.5 Å². The van der Waals surface area contributed by atoms with E-state index in [1.807, 2.05) is 0 Å². The third kappa shape index (κ3) is 7.23. The zero-order valence-corrected chi connectivity index (χ0v) is 19.1. The summed E-state index contributed by atoms with van der Waals surface area (Å²) < 4.78 is 11.2. The molecule has 0 aliphatic carbocycles. The van der Waals surface area contributed by atoms with Crippen LogP contribution in [0.2, 0.25) is 0 Å². The summed E-state index contributed by atoms with van der Waals surface area (Å²) in [4.78, 5) is 20.4. The van der Waals surface area contributed by atoms with Crippen molar-refractivity contribution in [2.75, 3.05) is 6.79 Å². The molecule has 0 N–H and O–H groups in total. The third-order valence-electron chi connectivity index (χ3n) is 4.81. The molecule has 0 bridgehead atoms. The first-order valence-electron chi connectivity index (χ1n) is 10.7. The summed E-state index contributed by atoms with van der Waals surface area (Å²) in [6, 6.07) is 25.3. The van der Waals surface area contributed by atoms with Crippen LogP contribution in [0.15, 0.2) is 118 Å². The first-order chi connectivity index (χ1) is 18.0. The van der Waals surface area contributed by atoms with Gasteiger partial charge in [0, 0.05) is 24.3 Å². The van der Waals surface area contributed by atoms with Gasteiger partial charge in [-0.05, 0) is 72.8 Å². The molecule has 12 nitrogen and oxygen atoms in total. The molecule has 0 amide bonds. The normalized spacial score (nSPS) is 11.0. The summed E-state index contributed by atoms with van der Waals surface area (Å²) in [6.45, 7) is -0.0205. The molecule has 0 fully saturated rings. The van der Waals surface area contributed by atoms with Gasteiger partial charge in [-0.1, -0.05) is 0 Å². The zero-order chi connectivity index (χ0) is 26.0. The number of azo groups is 2. The van der Waals surface area contributed by atoms with Gasteiger partial charge in [-0.3, -0.25) is 20.2 Å². The second-order valence-electron chi connectivity index (χ2n) is 7.34. The molecule has 37 heavy (non-hydrogen) atoms. The zero-order valence-electron chi connectivity index (χ0n) is 19.1. The average molecular weight is 498 g/mol. The standard InChI is InChI=1S/C25H18N6O6/c32-30(33)22-9-1-18(2-10-22)26-28-20-5-13-24(14-6-20)36-17-37-25-15-7-21(8-16-25)29-27-19-3-11-23(12-4-19)31(34)35/h1-16H,17H2. The van der Waals surface area contributed by atoms with Crippen molar-refractivity contribution in [2.45, 2.75) is 0 Å². The molecule has 0 heterocycles. The van der Waals surface area contributed by atoms with Crippen LogP contribution in [0.4, 0.5) is 34.1 Å². The van der Waals surface area contributed by atoms with Crippen molar-refractivity contribution in [3.8, 4) is 11.5 Å². The fourth-order valence-corrected chi connectivity index (χ4v) is 2.90. The highest BCUT2D eigenvalue weighted by atomic mass is 16.7. The van der Waals surface area contributed by atoms with E-state index in [1.54, 1.807) is 48.5 Å². The van der Waals surface area contributed by atoms with E-state index in [4.69, 9.17) is 9.47 Å². The third-order valence-corrected chi connectivity index (χ3v) is 4.81. The van der Waals surface area contributed by atoms with Crippen molar-refractivity contribution in [3.63, 3.8) is 0 Å². The summed E-state index contributed by atoms with van der Waals surface area (Å²) in [5, 5.41) is 37.7. The van der Waals surface area contributed by atoms with Crippen LogP contribution in [0.1, 0.15) is 0 Å². The Balaban J connectivity index is 1.23. The predicted octanol–water partition coefficient (Wildman–Crippen LogP) is 7.75. The number of hydrogen-bond acceptors (Lipinski definition) is 10. The van der Waals surface area contributed by atoms with E-state index >= 15 is 0 Å². The van der Waals surface area contributed by atoms with Gasteiger partial charge < -0.3 is 9.47 Å². The minimum atomic E-state index is -0.475. The Hall–Kier alpha value is -5.52. The Bertz CT molecular complexity index is 1310. The lowest BCUT2D eigenvalue weighted by Crippen LogP contribution is -2.05. The Morgan fingerprint density at radius 3 is 1.03 bits per heavy atom. The molecule has 184 valence electrons. The van der Waals surface area contributed by atoms with Crippen molar-refractivity contribution in [2.24, 2.45) is 20.5 Å². The fraction of sp³-hybridized carbons (Fsp3) is 0.0400. The maximum absolute atomic E-state index is 10.7. The number of nitro benzene ring substituents is 2. The Kier molecular flexibility index (Phi) is 7.81. The van der Waals surface area contributed by atoms with Crippen molar-refractivity contribution < 1.29 is 19.3 Å². The minimum Gasteiger partial charge on any atom is -0.458 e. The van der Waals surface area contributed by atoms with E-state index in [9.17, 15) is 20.2 Å². The lowest BCUT2D eigenvalue weighted by molar-refractivity contribution is -0.385. The number of ether oxygens (including phenoxy) is 2. The largest absolute Gasteiger partial charge is 0.458 e. The SMILES string of the molecule is O=[N+]([O-])c1ccc(N=Nc2ccc(OCOc3ccc(N=Nc4ccc([N+](=O)[O-])cc4)cc3)cc2)cc1. The van der Waals surface area contributed by atoms with Crippen molar-refractivity contribution in [3.05, 3.63) is 117 Å². The van der Waals surface area contributed by atoms with Crippen LogP contribution in [0.3, 0.4) is 0 Å². The molecule has 12 heteroatoms. The number of nitro groups is 2. The first kappa shape index (κ1) is 24.6. The van der Waals surface area contributed by atoms with Gasteiger partial charge in [-0.25, -0.2) is 0 Å². The van der Waals surface area contributed by atoms with E-state index < -0.39 is 9.85 Å². The van der Waals surface area contributed by atoms with Gasteiger partial charge in [0.05, 0.1) is 32.6 Å². The second kappa shape index (κ2) is 11.8. The predicted molar refractivity (Wildman–Crippen MR) is 134 cm³/mol. The highest BCUT2D eigenvalue weighted by molar-refractivity contribution is 5.47. The first-order valence-corrected chi connectivity index (χ1v) is 10.7. The number of hydrogen-bond donors (Lipinski definition) is 0. The van der Waals surface area contributed by atoms with Gasteiger partial charge in [-0.2, -0.15) is 20.5 Å².